The highest BCUT2D eigenvalue weighted by atomic mass is 16.6. The zero-order chi connectivity index (χ0) is 13.8. The molecule has 0 fully saturated rings. The first-order valence-corrected chi connectivity index (χ1v) is 6.82. The molecule has 0 spiro atoms. The fourth-order valence-corrected chi connectivity index (χ4v) is 2.22. The lowest BCUT2D eigenvalue weighted by atomic mass is 10.1. The van der Waals surface area contributed by atoms with Crippen molar-refractivity contribution < 1.29 is 9.47 Å². The summed E-state index contributed by atoms with van der Waals surface area (Å²) in [5, 5.41) is 3.41. The average Bonchev–Trinajstić information content (AvgIpc) is 2.49. The van der Waals surface area contributed by atoms with E-state index < -0.39 is 0 Å². The van der Waals surface area contributed by atoms with E-state index in [1.165, 1.54) is 5.56 Å². The number of aryl methyl sites for hydroxylation is 1. The zero-order valence-corrected chi connectivity index (χ0v) is 11.6. The molecule has 0 atom stereocenters. The molecule has 0 amide bonds. The third-order valence-corrected chi connectivity index (χ3v) is 3.26. The van der Waals surface area contributed by atoms with Crippen molar-refractivity contribution >= 4 is 0 Å². The van der Waals surface area contributed by atoms with Crippen LogP contribution in [-0.2, 0) is 13.1 Å². The van der Waals surface area contributed by atoms with Crippen LogP contribution >= 0.6 is 0 Å². The summed E-state index contributed by atoms with van der Waals surface area (Å²) in [6.07, 6.45) is 1.91. The second kappa shape index (κ2) is 5.92. The van der Waals surface area contributed by atoms with Crippen molar-refractivity contribution in [2.75, 3.05) is 13.2 Å². The normalized spacial score (nSPS) is 13.2. The lowest BCUT2D eigenvalue weighted by Crippen LogP contribution is -2.19. The first-order valence-electron chi connectivity index (χ1n) is 6.82. The van der Waals surface area contributed by atoms with E-state index in [0.717, 1.165) is 35.8 Å². The molecule has 1 N–H and O–H groups in total. The summed E-state index contributed by atoms with van der Waals surface area (Å²) in [7, 11) is 0. The monoisotopic (exact) mass is 270 g/mol. The molecule has 0 unspecified atom stereocenters. The molecule has 3 rings (SSSR count). The fourth-order valence-electron chi connectivity index (χ4n) is 2.22. The van der Waals surface area contributed by atoms with Gasteiger partial charge in [0.05, 0.1) is 0 Å². The van der Waals surface area contributed by atoms with Crippen LogP contribution in [0.5, 0.6) is 11.5 Å². The van der Waals surface area contributed by atoms with Crippen LogP contribution < -0.4 is 14.8 Å². The van der Waals surface area contributed by atoms with Crippen LogP contribution in [0.25, 0.3) is 0 Å². The highest BCUT2D eigenvalue weighted by Gasteiger charge is 2.14. The van der Waals surface area contributed by atoms with Crippen molar-refractivity contribution in [1.29, 1.82) is 0 Å². The molecule has 104 valence electrons. The summed E-state index contributed by atoms with van der Waals surface area (Å²) < 4.78 is 11.3. The maximum Gasteiger partial charge on any atom is 0.165 e. The summed E-state index contributed by atoms with van der Waals surface area (Å²) in [5.41, 5.74) is 3.34. The third kappa shape index (κ3) is 2.91. The van der Waals surface area contributed by atoms with Gasteiger partial charge in [0.1, 0.15) is 13.2 Å². The van der Waals surface area contributed by atoms with Gasteiger partial charge >= 0.3 is 0 Å². The van der Waals surface area contributed by atoms with Gasteiger partial charge in [0.25, 0.3) is 0 Å². The van der Waals surface area contributed by atoms with E-state index in [1.807, 2.05) is 31.3 Å². The lowest BCUT2D eigenvalue weighted by molar-refractivity contribution is 0.169. The number of nitrogens with zero attached hydrogens (tertiary/aromatic N) is 1. The molecule has 4 heteroatoms. The minimum absolute atomic E-state index is 0.617. The van der Waals surface area contributed by atoms with Crippen LogP contribution in [-0.4, -0.2) is 18.2 Å². The van der Waals surface area contributed by atoms with Crippen LogP contribution in [0, 0.1) is 6.92 Å². The summed E-state index contributed by atoms with van der Waals surface area (Å²) >= 11 is 0. The van der Waals surface area contributed by atoms with E-state index in [-0.39, 0.29) is 0 Å². The molecule has 0 aliphatic carbocycles. The summed E-state index contributed by atoms with van der Waals surface area (Å²) in [5.74, 6) is 1.71. The van der Waals surface area contributed by atoms with Gasteiger partial charge in [0, 0.05) is 30.5 Å². The lowest BCUT2D eigenvalue weighted by Gasteiger charge is -2.21. The van der Waals surface area contributed by atoms with E-state index in [4.69, 9.17) is 9.47 Å². The van der Waals surface area contributed by atoms with Crippen LogP contribution in [0.2, 0.25) is 0 Å². The van der Waals surface area contributed by atoms with E-state index in [1.54, 1.807) is 0 Å². The first-order chi connectivity index (χ1) is 9.83. The topological polar surface area (TPSA) is 43.4 Å². The van der Waals surface area contributed by atoms with E-state index in [0.29, 0.717) is 13.2 Å². The second-order valence-electron chi connectivity index (χ2n) is 4.85. The molecule has 2 aromatic rings. The Balaban J connectivity index is 1.62. The van der Waals surface area contributed by atoms with Crippen molar-refractivity contribution in [1.82, 2.24) is 10.3 Å². The van der Waals surface area contributed by atoms with Gasteiger partial charge in [0.2, 0.25) is 0 Å². The number of pyridine rings is 1. The van der Waals surface area contributed by atoms with Gasteiger partial charge in [-0.25, -0.2) is 0 Å². The largest absolute Gasteiger partial charge is 0.486 e. The van der Waals surface area contributed by atoms with E-state index in [9.17, 15) is 0 Å². The Morgan fingerprint density at radius 2 is 2.00 bits per heavy atom. The minimum Gasteiger partial charge on any atom is -0.486 e. The Morgan fingerprint density at radius 3 is 2.85 bits per heavy atom. The van der Waals surface area contributed by atoms with Gasteiger partial charge in [-0.3, -0.25) is 4.98 Å². The van der Waals surface area contributed by atoms with Crippen LogP contribution in [0.3, 0.4) is 0 Å². The zero-order valence-electron chi connectivity index (χ0n) is 11.6. The van der Waals surface area contributed by atoms with Crippen molar-refractivity contribution in [2.45, 2.75) is 20.0 Å². The Labute approximate surface area is 118 Å². The van der Waals surface area contributed by atoms with Gasteiger partial charge in [0.15, 0.2) is 11.5 Å². The Hall–Kier alpha value is -2.07. The Morgan fingerprint density at radius 1 is 1.10 bits per heavy atom. The highest BCUT2D eigenvalue weighted by molar-refractivity contribution is 5.47. The highest BCUT2D eigenvalue weighted by Crippen LogP contribution is 2.33. The van der Waals surface area contributed by atoms with Gasteiger partial charge < -0.3 is 14.8 Å². The number of para-hydroxylation sites is 1. The van der Waals surface area contributed by atoms with Crippen LogP contribution in [0.4, 0.5) is 0 Å². The van der Waals surface area contributed by atoms with Crippen molar-refractivity contribution in [3.63, 3.8) is 0 Å². The molecular formula is C16H18N2O2. The maximum absolute atomic E-state index is 5.70. The van der Waals surface area contributed by atoms with Gasteiger partial charge in [-0.2, -0.15) is 0 Å². The van der Waals surface area contributed by atoms with Crippen LogP contribution in [0.15, 0.2) is 36.5 Å². The smallest absolute Gasteiger partial charge is 0.165 e. The first kappa shape index (κ1) is 12.9. The molecule has 0 saturated heterocycles. The number of rotatable bonds is 4. The minimum atomic E-state index is 0.617. The predicted octanol–water partition coefficient (Wildman–Crippen LogP) is 2.45. The van der Waals surface area contributed by atoms with Crippen molar-refractivity contribution in [3.8, 4) is 11.5 Å². The second-order valence-corrected chi connectivity index (χ2v) is 4.85. The van der Waals surface area contributed by atoms with Crippen molar-refractivity contribution in [2.24, 2.45) is 0 Å². The predicted molar refractivity (Wildman–Crippen MR) is 76.9 cm³/mol. The average molecular weight is 270 g/mol. The number of fused-ring (bicyclic) bond motifs is 1. The molecule has 0 saturated carbocycles. The summed E-state index contributed by atoms with van der Waals surface area (Å²) in [6.45, 7) is 4.77. The molecule has 2 heterocycles. The molecule has 0 radical (unpaired) electrons. The van der Waals surface area contributed by atoms with Crippen molar-refractivity contribution in [3.05, 3.63) is 53.3 Å². The molecule has 4 nitrogen and oxygen atoms in total. The van der Waals surface area contributed by atoms with E-state index >= 15 is 0 Å². The van der Waals surface area contributed by atoms with Gasteiger partial charge in [-0.15, -0.1) is 0 Å². The SMILES string of the molecule is Cc1ccc(CNCc2cccc3c2OCCO3)cn1. The molecule has 1 aromatic carbocycles. The standard InChI is InChI=1S/C16H18N2O2/c1-12-5-6-13(10-18-12)9-17-11-14-3-2-4-15-16(14)20-8-7-19-15/h2-6,10,17H,7-9,11H2,1H3. The molecular weight excluding hydrogens is 252 g/mol. The third-order valence-electron chi connectivity index (χ3n) is 3.26. The maximum atomic E-state index is 5.70. The number of ether oxygens (including phenoxy) is 2. The molecule has 20 heavy (non-hydrogen) atoms. The quantitative estimate of drug-likeness (QED) is 0.926. The molecule has 1 aliphatic heterocycles. The van der Waals surface area contributed by atoms with Crippen LogP contribution in [0.1, 0.15) is 16.8 Å². The molecule has 1 aliphatic rings. The molecule has 0 bridgehead atoms. The fraction of sp³-hybridized carbons (Fsp3) is 0.312. The molecule has 1 aromatic heterocycles. The number of nitrogens with one attached hydrogen (secondary N) is 1. The number of hydrogen-bond acceptors (Lipinski definition) is 4. The number of hydrogen-bond donors (Lipinski definition) is 1. The number of benzene rings is 1. The van der Waals surface area contributed by atoms with Gasteiger partial charge in [-0.05, 0) is 24.6 Å². The number of aromatic nitrogens is 1. The summed E-state index contributed by atoms with van der Waals surface area (Å²) in [6, 6.07) is 10.1. The van der Waals surface area contributed by atoms with Gasteiger partial charge in [-0.1, -0.05) is 18.2 Å². The Bertz CT molecular complexity index is 582. The summed E-state index contributed by atoms with van der Waals surface area (Å²) in [4.78, 5) is 4.29. The van der Waals surface area contributed by atoms with E-state index in [2.05, 4.69) is 22.4 Å². The Kier molecular flexibility index (Phi) is 3.83.